The first-order chi connectivity index (χ1) is 18.0. The van der Waals surface area contributed by atoms with E-state index < -0.39 is 47.3 Å². The van der Waals surface area contributed by atoms with Crippen molar-refractivity contribution in [1.82, 2.24) is 14.6 Å². The minimum Gasteiger partial charge on any atom is -0.462 e. The summed E-state index contributed by atoms with van der Waals surface area (Å²) in [6.45, 7) is 5.02. The third kappa shape index (κ3) is 5.32. The largest absolute Gasteiger partial charge is 0.462 e. The molecule has 2 aliphatic rings. The van der Waals surface area contributed by atoms with E-state index in [0.717, 1.165) is 32.1 Å². The number of carbonyl (C=O) groups excluding carboxylic acids is 2. The lowest BCUT2D eigenvalue weighted by molar-refractivity contribution is -0.162. The van der Waals surface area contributed by atoms with Gasteiger partial charge in [0, 0.05) is 6.42 Å². The van der Waals surface area contributed by atoms with Crippen LogP contribution >= 0.6 is 0 Å². The van der Waals surface area contributed by atoms with E-state index in [1.54, 1.807) is 26.8 Å². The summed E-state index contributed by atoms with van der Waals surface area (Å²) < 4.78 is 18.6. The number of nitrogens with two attached hydrogens (primary N) is 2. The molecule has 4 rings (SSSR count). The van der Waals surface area contributed by atoms with Gasteiger partial charge >= 0.3 is 11.9 Å². The van der Waals surface area contributed by atoms with Gasteiger partial charge in [0.05, 0.1) is 5.69 Å². The Kier molecular flexibility index (Phi) is 7.92. The van der Waals surface area contributed by atoms with Gasteiger partial charge in [0.2, 0.25) is 5.60 Å². The third-order valence-electron chi connectivity index (χ3n) is 7.48. The van der Waals surface area contributed by atoms with Gasteiger partial charge in [-0.05, 0) is 36.3 Å². The van der Waals surface area contributed by atoms with E-state index in [9.17, 15) is 20.0 Å². The van der Waals surface area contributed by atoms with Crippen LogP contribution in [0, 0.1) is 22.7 Å². The maximum absolute atomic E-state index is 12.9. The molecule has 0 aromatic carbocycles. The first-order valence-corrected chi connectivity index (χ1v) is 13.0. The summed E-state index contributed by atoms with van der Waals surface area (Å²) in [5.41, 5.74) is 10.0. The molecule has 2 fully saturated rings. The molecule has 3 heterocycles. The predicted molar refractivity (Wildman–Crippen MR) is 135 cm³/mol. The molecule has 0 spiro atoms. The SMILES string of the molecule is CC(C)(C)[C@@H](N)C(=O)OC[C@H]1O[C@@](C#N)(c2ccc3c(N)ncnn23)[C@H](O)[C@@H]1OC(=O)CC1CCCCC1. The topological polar surface area (TPSA) is 188 Å². The molecule has 2 aromatic rings. The number of rotatable bonds is 7. The Bertz CT molecular complexity index is 1210. The Balaban J connectivity index is 1.62. The molecule has 1 aliphatic carbocycles. The second-order valence-electron chi connectivity index (χ2n) is 11.2. The van der Waals surface area contributed by atoms with Gasteiger partial charge in [0.1, 0.15) is 42.8 Å². The fourth-order valence-electron chi connectivity index (χ4n) is 5.11. The summed E-state index contributed by atoms with van der Waals surface area (Å²) in [6.07, 6.45) is 2.51. The van der Waals surface area contributed by atoms with Crippen molar-refractivity contribution in [2.75, 3.05) is 12.3 Å². The smallest absolute Gasteiger partial charge is 0.323 e. The number of esters is 2. The Morgan fingerprint density at radius 3 is 2.68 bits per heavy atom. The van der Waals surface area contributed by atoms with E-state index in [0.29, 0.717) is 5.52 Å². The lowest BCUT2D eigenvalue weighted by Gasteiger charge is -2.26. The predicted octanol–water partition coefficient (Wildman–Crippen LogP) is 1.59. The molecule has 2 aromatic heterocycles. The van der Waals surface area contributed by atoms with Crippen LogP contribution in [0.1, 0.15) is 65.0 Å². The molecule has 0 radical (unpaired) electrons. The Morgan fingerprint density at radius 1 is 1.32 bits per heavy atom. The molecule has 1 aliphatic heterocycles. The molecule has 12 heteroatoms. The molecule has 0 amide bonds. The van der Waals surface area contributed by atoms with E-state index in [-0.39, 0.29) is 30.5 Å². The molecule has 5 atom stereocenters. The fourth-order valence-corrected chi connectivity index (χ4v) is 5.11. The van der Waals surface area contributed by atoms with Crippen molar-refractivity contribution in [2.24, 2.45) is 17.1 Å². The highest BCUT2D eigenvalue weighted by Gasteiger charge is 2.60. The summed E-state index contributed by atoms with van der Waals surface area (Å²) in [7, 11) is 0. The number of ether oxygens (including phenoxy) is 3. The Morgan fingerprint density at radius 2 is 2.03 bits per heavy atom. The maximum atomic E-state index is 12.9. The molecule has 206 valence electrons. The molecule has 12 nitrogen and oxygen atoms in total. The monoisotopic (exact) mass is 528 g/mol. The number of aliphatic hydroxyl groups is 1. The van der Waals surface area contributed by atoms with Gasteiger partial charge in [0.15, 0.2) is 11.9 Å². The number of aromatic nitrogens is 3. The van der Waals surface area contributed by atoms with Crippen LogP contribution in [0.2, 0.25) is 0 Å². The van der Waals surface area contributed by atoms with Gasteiger partial charge in [0.25, 0.3) is 0 Å². The van der Waals surface area contributed by atoms with Gasteiger partial charge in [-0.3, -0.25) is 9.59 Å². The maximum Gasteiger partial charge on any atom is 0.323 e. The van der Waals surface area contributed by atoms with E-state index in [2.05, 4.69) is 10.1 Å². The standard InChI is InChI=1S/C26H36N6O6/c1-25(2,3)21(28)24(35)36-12-17-20(37-19(33)11-15-7-5-4-6-8-15)22(34)26(13-27,38-17)18-10-9-16-23(29)30-14-31-32(16)18/h9-10,14-15,17,20-22,34H,4-8,11-12,28H2,1-3H3,(H2,29,30,31)/t17-,20-,21+,22-,26+/m1/s1. The lowest BCUT2D eigenvalue weighted by Crippen LogP contribution is -2.45. The fraction of sp³-hybridized carbons (Fsp3) is 0.654. The van der Waals surface area contributed by atoms with Crippen molar-refractivity contribution in [3.05, 3.63) is 24.2 Å². The number of fused-ring (bicyclic) bond motifs is 1. The molecule has 5 N–H and O–H groups in total. The van der Waals surface area contributed by atoms with Gasteiger partial charge < -0.3 is 30.8 Å². The van der Waals surface area contributed by atoms with Crippen molar-refractivity contribution in [3.63, 3.8) is 0 Å². The summed E-state index contributed by atoms with van der Waals surface area (Å²) in [4.78, 5) is 29.5. The van der Waals surface area contributed by atoms with Gasteiger partial charge in [-0.25, -0.2) is 9.50 Å². The summed E-state index contributed by atoms with van der Waals surface area (Å²) in [5.74, 6) is -0.811. The van der Waals surface area contributed by atoms with Crippen LogP contribution in [0.25, 0.3) is 5.52 Å². The second kappa shape index (κ2) is 10.8. The van der Waals surface area contributed by atoms with Crippen molar-refractivity contribution in [2.45, 2.75) is 89.3 Å². The van der Waals surface area contributed by atoms with E-state index >= 15 is 0 Å². The Hall–Kier alpha value is -3.27. The van der Waals surface area contributed by atoms with Gasteiger partial charge in [-0.2, -0.15) is 10.4 Å². The second-order valence-corrected chi connectivity index (χ2v) is 11.2. The van der Waals surface area contributed by atoms with E-state index in [4.69, 9.17) is 25.7 Å². The molecule has 0 unspecified atom stereocenters. The molecular weight excluding hydrogens is 492 g/mol. The van der Waals surface area contributed by atoms with Crippen LogP contribution in [0.3, 0.4) is 0 Å². The number of carbonyl (C=O) groups is 2. The summed E-state index contributed by atoms with van der Waals surface area (Å²) >= 11 is 0. The van der Waals surface area contributed by atoms with Gasteiger partial charge in [-0.15, -0.1) is 0 Å². The molecule has 1 saturated heterocycles. The number of hydrogen-bond donors (Lipinski definition) is 3. The lowest BCUT2D eigenvalue weighted by atomic mass is 9.87. The molecule has 38 heavy (non-hydrogen) atoms. The first kappa shape index (κ1) is 27.8. The average molecular weight is 529 g/mol. The Labute approximate surface area is 221 Å². The normalized spacial score (nSPS) is 27.1. The highest BCUT2D eigenvalue weighted by molar-refractivity contribution is 5.76. The quantitative estimate of drug-likeness (QED) is 0.443. The molecule has 1 saturated carbocycles. The van der Waals surface area contributed by atoms with E-state index in [1.807, 2.05) is 6.07 Å². The van der Waals surface area contributed by atoms with Crippen LogP contribution < -0.4 is 11.5 Å². The minimum atomic E-state index is -1.99. The third-order valence-corrected chi connectivity index (χ3v) is 7.48. The van der Waals surface area contributed by atoms with Crippen molar-refractivity contribution >= 4 is 23.3 Å². The number of nitrogens with zero attached hydrogens (tertiary/aromatic N) is 4. The summed E-state index contributed by atoms with van der Waals surface area (Å²) in [6, 6.07) is 4.26. The highest BCUT2D eigenvalue weighted by Crippen LogP contribution is 2.42. The van der Waals surface area contributed by atoms with Gasteiger partial charge in [-0.1, -0.05) is 40.0 Å². The number of nitriles is 1. The van der Waals surface area contributed by atoms with Crippen molar-refractivity contribution < 1.29 is 28.9 Å². The number of anilines is 1. The summed E-state index contributed by atoms with van der Waals surface area (Å²) in [5, 5.41) is 25.9. The highest BCUT2D eigenvalue weighted by atomic mass is 16.6. The number of hydrogen-bond acceptors (Lipinski definition) is 11. The zero-order valence-corrected chi connectivity index (χ0v) is 22.0. The zero-order valence-electron chi connectivity index (χ0n) is 22.0. The number of nitrogen functional groups attached to an aromatic ring is 1. The average Bonchev–Trinajstić information content (AvgIpc) is 3.43. The van der Waals surface area contributed by atoms with Crippen LogP contribution in [-0.4, -0.2) is 62.6 Å². The van der Waals surface area contributed by atoms with Crippen LogP contribution in [0.4, 0.5) is 5.82 Å². The van der Waals surface area contributed by atoms with Crippen molar-refractivity contribution in [3.8, 4) is 6.07 Å². The minimum absolute atomic E-state index is 0.170. The molecular formula is C26H36N6O6. The van der Waals surface area contributed by atoms with Crippen LogP contribution in [-0.2, 0) is 29.4 Å². The van der Waals surface area contributed by atoms with Crippen LogP contribution in [0.5, 0.6) is 0 Å². The zero-order chi connectivity index (χ0) is 27.7. The van der Waals surface area contributed by atoms with E-state index in [1.165, 1.54) is 16.9 Å². The van der Waals surface area contributed by atoms with Crippen molar-refractivity contribution in [1.29, 1.82) is 5.26 Å². The number of aliphatic hydroxyl groups excluding tert-OH is 1. The molecule has 0 bridgehead atoms. The van der Waals surface area contributed by atoms with Crippen LogP contribution in [0.15, 0.2) is 18.5 Å². The first-order valence-electron chi connectivity index (χ1n) is 13.0.